The largest absolute Gasteiger partial charge is 0.459 e. The summed E-state index contributed by atoms with van der Waals surface area (Å²) >= 11 is 0. The van der Waals surface area contributed by atoms with Crippen molar-refractivity contribution in [2.75, 3.05) is 13.1 Å². The fraction of sp³-hybridized carbons (Fsp3) is 0.450. The van der Waals surface area contributed by atoms with Crippen molar-refractivity contribution in [1.82, 2.24) is 9.62 Å². The number of furan rings is 1. The molecular weight excluding hydrogens is 364 g/mol. The van der Waals surface area contributed by atoms with Crippen LogP contribution in [0.2, 0.25) is 0 Å². The lowest BCUT2D eigenvalue weighted by molar-refractivity contribution is 0.0679. The third-order valence-corrected chi connectivity index (χ3v) is 6.40. The molecule has 0 unspecified atom stereocenters. The summed E-state index contributed by atoms with van der Waals surface area (Å²) in [5.41, 5.74) is 1.06. The number of carbonyl (C=O) groups is 1. The molecule has 1 aromatic carbocycles. The van der Waals surface area contributed by atoms with Crippen LogP contribution in [0, 0.1) is 0 Å². The molecule has 6 nitrogen and oxygen atoms in total. The van der Waals surface area contributed by atoms with E-state index in [4.69, 9.17) is 4.42 Å². The SMILES string of the molecule is CC(C)(C)c1ccc(S(=O)(=O)NC2CCN(C(=O)c3ccco3)CC2)cc1. The Balaban J connectivity index is 1.60. The van der Waals surface area contributed by atoms with Crippen LogP contribution in [-0.2, 0) is 15.4 Å². The van der Waals surface area contributed by atoms with Crippen LogP contribution in [0.1, 0.15) is 49.7 Å². The van der Waals surface area contributed by atoms with Crippen LogP contribution in [0.3, 0.4) is 0 Å². The van der Waals surface area contributed by atoms with E-state index in [9.17, 15) is 13.2 Å². The summed E-state index contributed by atoms with van der Waals surface area (Å²) in [5, 5.41) is 0. The zero-order valence-electron chi connectivity index (χ0n) is 15.9. The highest BCUT2D eigenvalue weighted by molar-refractivity contribution is 7.89. The maximum absolute atomic E-state index is 12.7. The van der Waals surface area contributed by atoms with Gasteiger partial charge in [0.15, 0.2) is 5.76 Å². The second kappa shape index (κ2) is 7.48. The van der Waals surface area contributed by atoms with Crippen LogP contribution in [0.5, 0.6) is 0 Å². The van der Waals surface area contributed by atoms with Crippen LogP contribution in [-0.4, -0.2) is 38.4 Å². The normalized spacial score (nSPS) is 16.5. The van der Waals surface area contributed by atoms with E-state index in [0.29, 0.717) is 31.7 Å². The first-order valence-corrected chi connectivity index (χ1v) is 10.6. The van der Waals surface area contributed by atoms with Crippen LogP contribution >= 0.6 is 0 Å². The van der Waals surface area contributed by atoms with Gasteiger partial charge in [-0.3, -0.25) is 4.79 Å². The molecule has 146 valence electrons. The fourth-order valence-corrected chi connectivity index (χ4v) is 4.48. The average Bonchev–Trinajstić information content (AvgIpc) is 3.15. The molecule has 1 aromatic heterocycles. The van der Waals surface area contributed by atoms with Gasteiger partial charge in [0, 0.05) is 19.1 Å². The number of rotatable bonds is 4. The van der Waals surface area contributed by atoms with Crippen molar-refractivity contribution in [1.29, 1.82) is 0 Å². The number of nitrogens with one attached hydrogen (secondary N) is 1. The number of benzene rings is 1. The van der Waals surface area contributed by atoms with Crippen LogP contribution < -0.4 is 4.72 Å². The third-order valence-electron chi connectivity index (χ3n) is 4.87. The van der Waals surface area contributed by atoms with E-state index in [1.165, 1.54) is 6.26 Å². The molecule has 0 saturated carbocycles. The van der Waals surface area contributed by atoms with Gasteiger partial charge in [-0.05, 0) is 48.1 Å². The van der Waals surface area contributed by atoms with Gasteiger partial charge in [0.1, 0.15) is 0 Å². The number of carbonyl (C=O) groups excluding carboxylic acids is 1. The maximum atomic E-state index is 12.7. The summed E-state index contributed by atoms with van der Waals surface area (Å²) in [6, 6.07) is 10.2. The Kier molecular flexibility index (Phi) is 5.44. The molecule has 27 heavy (non-hydrogen) atoms. The zero-order chi connectivity index (χ0) is 19.7. The summed E-state index contributed by atoms with van der Waals surface area (Å²) in [7, 11) is -3.58. The molecular formula is C20H26N2O4S. The minimum Gasteiger partial charge on any atom is -0.459 e. The number of likely N-dealkylation sites (tertiary alicyclic amines) is 1. The molecule has 1 aliphatic heterocycles. The van der Waals surface area contributed by atoms with Crippen molar-refractivity contribution >= 4 is 15.9 Å². The van der Waals surface area contributed by atoms with E-state index in [2.05, 4.69) is 25.5 Å². The van der Waals surface area contributed by atoms with Crippen LogP contribution in [0.4, 0.5) is 0 Å². The molecule has 0 spiro atoms. The molecule has 2 aromatic rings. The molecule has 1 N–H and O–H groups in total. The Morgan fingerprint density at radius 1 is 1.11 bits per heavy atom. The lowest BCUT2D eigenvalue weighted by Gasteiger charge is -2.31. The van der Waals surface area contributed by atoms with Gasteiger partial charge in [0.05, 0.1) is 11.2 Å². The molecule has 1 saturated heterocycles. The van der Waals surface area contributed by atoms with Gasteiger partial charge in [0.2, 0.25) is 10.0 Å². The van der Waals surface area contributed by atoms with Crippen molar-refractivity contribution in [2.45, 2.75) is 50.0 Å². The number of piperidine rings is 1. The van der Waals surface area contributed by atoms with E-state index in [1.54, 1.807) is 29.2 Å². The molecule has 1 fully saturated rings. The second-order valence-corrected chi connectivity index (χ2v) is 9.65. The number of sulfonamides is 1. The fourth-order valence-electron chi connectivity index (χ4n) is 3.18. The quantitative estimate of drug-likeness (QED) is 0.870. The minimum absolute atomic E-state index is 0.0247. The smallest absolute Gasteiger partial charge is 0.289 e. The molecule has 1 aliphatic rings. The highest BCUT2D eigenvalue weighted by atomic mass is 32.2. The van der Waals surface area contributed by atoms with Crippen LogP contribution in [0.25, 0.3) is 0 Å². The molecule has 7 heteroatoms. The van der Waals surface area contributed by atoms with E-state index in [1.807, 2.05) is 12.1 Å². The average molecular weight is 391 g/mol. The third kappa shape index (κ3) is 4.59. The molecule has 0 radical (unpaired) electrons. The van der Waals surface area contributed by atoms with Gasteiger partial charge in [0.25, 0.3) is 5.91 Å². The summed E-state index contributed by atoms with van der Waals surface area (Å²) in [6.45, 7) is 7.26. The van der Waals surface area contributed by atoms with Gasteiger partial charge in [-0.25, -0.2) is 13.1 Å². The van der Waals surface area contributed by atoms with Crippen molar-refractivity contribution < 1.29 is 17.6 Å². The molecule has 2 heterocycles. The summed E-state index contributed by atoms with van der Waals surface area (Å²) in [5.74, 6) is 0.159. The maximum Gasteiger partial charge on any atom is 0.289 e. The first kappa shape index (κ1) is 19.6. The molecule has 3 rings (SSSR count). The zero-order valence-corrected chi connectivity index (χ0v) is 16.8. The van der Waals surface area contributed by atoms with E-state index < -0.39 is 10.0 Å². The van der Waals surface area contributed by atoms with Gasteiger partial charge < -0.3 is 9.32 Å². The Morgan fingerprint density at radius 2 is 1.74 bits per heavy atom. The van der Waals surface area contributed by atoms with E-state index in [-0.39, 0.29) is 22.3 Å². The van der Waals surface area contributed by atoms with Gasteiger partial charge in [-0.2, -0.15) is 0 Å². The Hall–Kier alpha value is -2.12. The predicted octanol–water partition coefficient (Wildman–Crippen LogP) is 3.16. The molecule has 0 bridgehead atoms. The number of amides is 1. The second-order valence-electron chi connectivity index (χ2n) is 7.94. The van der Waals surface area contributed by atoms with Crippen molar-refractivity contribution in [2.24, 2.45) is 0 Å². The lowest BCUT2D eigenvalue weighted by Crippen LogP contribution is -2.46. The van der Waals surface area contributed by atoms with E-state index in [0.717, 1.165) is 5.56 Å². The van der Waals surface area contributed by atoms with Crippen molar-refractivity contribution in [3.8, 4) is 0 Å². The van der Waals surface area contributed by atoms with Gasteiger partial charge >= 0.3 is 0 Å². The predicted molar refractivity (Wildman–Crippen MR) is 103 cm³/mol. The van der Waals surface area contributed by atoms with Gasteiger partial charge in [-0.1, -0.05) is 32.9 Å². The topological polar surface area (TPSA) is 79.6 Å². The van der Waals surface area contributed by atoms with E-state index >= 15 is 0 Å². The molecule has 0 aliphatic carbocycles. The van der Waals surface area contributed by atoms with Crippen molar-refractivity contribution in [3.05, 3.63) is 54.0 Å². The van der Waals surface area contributed by atoms with Crippen molar-refractivity contribution in [3.63, 3.8) is 0 Å². The standard InChI is InChI=1S/C20H26N2O4S/c1-20(2,3)15-6-8-17(9-7-15)27(24,25)21-16-10-12-22(13-11-16)19(23)18-5-4-14-26-18/h4-9,14,16,21H,10-13H2,1-3H3. The first-order chi connectivity index (χ1) is 12.7. The first-order valence-electron chi connectivity index (χ1n) is 9.12. The lowest BCUT2D eigenvalue weighted by atomic mass is 9.87. The Labute approximate surface area is 160 Å². The van der Waals surface area contributed by atoms with Gasteiger partial charge in [-0.15, -0.1) is 0 Å². The summed E-state index contributed by atoms with van der Waals surface area (Å²) in [6.07, 6.45) is 2.62. The Morgan fingerprint density at radius 3 is 2.26 bits per heavy atom. The minimum atomic E-state index is -3.58. The monoisotopic (exact) mass is 390 g/mol. The highest BCUT2D eigenvalue weighted by Crippen LogP contribution is 2.24. The van der Waals surface area contributed by atoms with Crippen LogP contribution in [0.15, 0.2) is 52.0 Å². The summed E-state index contributed by atoms with van der Waals surface area (Å²) in [4.78, 5) is 14.2. The molecule has 0 atom stereocenters. The Bertz CT molecular complexity index is 873. The summed E-state index contributed by atoms with van der Waals surface area (Å²) < 4.78 is 33.2. The molecule has 1 amide bonds. The number of hydrogen-bond acceptors (Lipinski definition) is 4. The number of nitrogens with zero attached hydrogens (tertiary/aromatic N) is 1. The highest BCUT2D eigenvalue weighted by Gasteiger charge is 2.28. The number of hydrogen-bond donors (Lipinski definition) is 1.